The molecule has 2 aliphatic rings. The molecule has 1 unspecified atom stereocenters. The van der Waals surface area contributed by atoms with Crippen molar-refractivity contribution >= 4 is 9.84 Å². The fourth-order valence-electron chi connectivity index (χ4n) is 4.23. The van der Waals surface area contributed by atoms with E-state index in [0.29, 0.717) is 10.8 Å². The van der Waals surface area contributed by atoms with Crippen molar-refractivity contribution in [2.75, 3.05) is 19.3 Å². The molecule has 4 rings (SSSR count). The number of hydrogen-bond donors (Lipinski definition) is 0. The fourth-order valence-corrected chi connectivity index (χ4v) is 4.86. The summed E-state index contributed by atoms with van der Waals surface area (Å²) in [5.74, 6) is 1.23. The standard InChI is InChI=1S/C21H23N3O3S/c1-21(17-7-9-24(14-22)10-8-17)12-16-11-19(23-13-20(16)27-21)15-3-5-18(6-4-15)28(2,25)26/h3-6,11,13,17H,7-10,12H2,1-2H3. The minimum atomic E-state index is -3.21. The molecule has 7 heteroatoms. The summed E-state index contributed by atoms with van der Waals surface area (Å²) in [6.45, 7) is 3.72. The number of fused-ring (bicyclic) bond motifs is 1. The zero-order chi connectivity index (χ0) is 19.9. The number of hydrogen-bond acceptors (Lipinski definition) is 6. The molecule has 146 valence electrons. The number of likely N-dealkylation sites (tertiary alicyclic amines) is 1. The van der Waals surface area contributed by atoms with Crippen molar-refractivity contribution in [2.45, 2.75) is 36.7 Å². The number of nitriles is 1. The van der Waals surface area contributed by atoms with E-state index in [-0.39, 0.29) is 5.60 Å². The summed E-state index contributed by atoms with van der Waals surface area (Å²) >= 11 is 0. The van der Waals surface area contributed by atoms with Gasteiger partial charge in [-0.3, -0.25) is 4.98 Å². The third-order valence-corrected chi connectivity index (χ3v) is 7.04. The van der Waals surface area contributed by atoms with Crippen LogP contribution in [0.4, 0.5) is 0 Å². The highest BCUT2D eigenvalue weighted by Gasteiger charge is 2.43. The van der Waals surface area contributed by atoms with Crippen molar-refractivity contribution in [1.29, 1.82) is 5.26 Å². The van der Waals surface area contributed by atoms with Gasteiger partial charge in [-0.2, -0.15) is 5.26 Å². The molecule has 6 nitrogen and oxygen atoms in total. The summed E-state index contributed by atoms with van der Waals surface area (Å²) < 4.78 is 29.6. The molecule has 1 fully saturated rings. The van der Waals surface area contributed by atoms with Crippen molar-refractivity contribution in [1.82, 2.24) is 9.88 Å². The number of sulfone groups is 1. The van der Waals surface area contributed by atoms with Gasteiger partial charge in [0.15, 0.2) is 16.0 Å². The molecule has 1 aromatic carbocycles. The molecule has 28 heavy (non-hydrogen) atoms. The Balaban J connectivity index is 1.54. The molecule has 0 amide bonds. The molecule has 3 heterocycles. The number of piperidine rings is 1. The van der Waals surface area contributed by atoms with Crippen molar-refractivity contribution in [3.8, 4) is 23.2 Å². The number of nitrogens with zero attached hydrogens (tertiary/aromatic N) is 3. The maximum Gasteiger partial charge on any atom is 0.179 e. The molecule has 0 N–H and O–H groups in total. The summed E-state index contributed by atoms with van der Waals surface area (Å²) in [5, 5.41) is 9.05. The summed E-state index contributed by atoms with van der Waals surface area (Å²) in [4.78, 5) is 6.63. The average molecular weight is 398 g/mol. The molecular formula is C21H23N3O3S. The van der Waals surface area contributed by atoms with E-state index in [4.69, 9.17) is 10.00 Å². The van der Waals surface area contributed by atoms with Gasteiger partial charge in [0.05, 0.1) is 16.8 Å². The minimum Gasteiger partial charge on any atom is -0.485 e. The van der Waals surface area contributed by atoms with Gasteiger partial charge in [-0.05, 0) is 38.0 Å². The zero-order valence-electron chi connectivity index (χ0n) is 16.1. The summed E-state index contributed by atoms with van der Waals surface area (Å²) in [5.41, 5.74) is 2.55. The van der Waals surface area contributed by atoms with E-state index in [9.17, 15) is 8.42 Å². The highest BCUT2D eigenvalue weighted by Crippen LogP contribution is 2.43. The minimum absolute atomic E-state index is 0.273. The Hall–Kier alpha value is -2.59. The van der Waals surface area contributed by atoms with E-state index in [1.54, 1.807) is 30.5 Å². The Bertz CT molecular complexity index is 1040. The lowest BCUT2D eigenvalue weighted by Gasteiger charge is -2.38. The molecule has 0 aliphatic carbocycles. The van der Waals surface area contributed by atoms with Gasteiger partial charge in [-0.25, -0.2) is 8.42 Å². The third-order valence-electron chi connectivity index (χ3n) is 5.91. The van der Waals surface area contributed by atoms with E-state index >= 15 is 0 Å². The van der Waals surface area contributed by atoms with Crippen LogP contribution in [0.15, 0.2) is 41.4 Å². The van der Waals surface area contributed by atoms with E-state index < -0.39 is 9.84 Å². The van der Waals surface area contributed by atoms with Crippen molar-refractivity contribution in [2.24, 2.45) is 5.92 Å². The predicted octanol–water partition coefficient (Wildman–Crippen LogP) is 3.04. The van der Waals surface area contributed by atoms with Gasteiger partial charge in [0.1, 0.15) is 11.4 Å². The van der Waals surface area contributed by atoms with Gasteiger partial charge >= 0.3 is 0 Å². The fraction of sp³-hybridized carbons (Fsp3) is 0.429. The Morgan fingerprint density at radius 2 is 1.93 bits per heavy atom. The van der Waals surface area contributed by atoms with Gasteiger partial charge in [-0.1, -0.05) is 12.1 Å². The molecule has 2 aliphatic heterocycles. The Morgan fingerprint density at radius 3 is 2.54 bits per heavy atom. The molecule has 1 atom stereocenters. The Morgan fingerprint density at radius 1 is 1.25 bits per heavy atom. The molecule has 2 aromatic rings. The zero-order valence-corrected chi connectivity index (χ0v) is 16.9. The number of ether oxygens (including phenoxy) is 1. The molecule has 0 saturated carbocycles. The molecule has 1 aromatic heterocycles. The average Bonchev–Trinajstić information content (AvgIpc) is 3.04. The number of rotatable bonds is 3. The third kappa shape index (κ3) is 3.45. The number of benzene rings is 1. The van der Waals surface area contributed by atoms with Crippen LogP contribution in [0, 0.1) is 17.4 Å². The molecule has 1 saturated heterocycles. The second-order valence-electron chi connectivity index (χ2n) is 7.93. The normalized spacial score (nSPS) is 22.4. The smallest absolute Gasteiger partial charge is 0.179 e. The van der Waals surface area contributed by atoms with Crippen LogP contribution < -0.4 is 4.74 Å². The summed E-state index contributed by atoms with van der Waals surface area (Å²) in [6, 6.07) is 8.85. The van der Waals surface area contributed by atoms with Crippen molar-refractivity contribution in [3.05, 3.63) is 42.1 Å². The van der Waals surface area contributed by atoms with Crippen LogP contribution in [0.2, 0.25) is 0 Å². The second kappa shape index (κ2) is 6.78. The first-order valence-electron chi connectivity index (χ1n) is 9.42. The van der Waals surface area contributed by atoms with Crippen molar-refractivity contribution in [3.63, 3.8) is 0 Å². The maximum atomic E-state index is 11.6. The Labute approximate surface area is 165 Å². The maximum absolute atomic E-state index is 11.6. The molecule has 0 radical (unpaired) electrons. The van der Waals surface area contributed by atoms with Gasteiger partial charge in [0.2, 0.25) is 0 Å². The molecule has 0 bridgehead atoms. The molecule has 0 spiro atoms. The first-order chi connectivity index (χ1) is 13.3. The number of pyridine rings is 1. The quantitative estimate of drug-likeness (QED) is 0.741. The highest BCUT2D eigenvalue weighted by atomic mass is 32.2. The van der Waals surface area contributed by atoms with Gasteiger partial charge in [0.25, 0.3) is 0 Å². The van der Waals surface area contributed by atoms with Crippen LogP contribution in [0.25, 0.3) is 11.3 Å². The Kier molecular flexibility index (Phi) is 4.54. The van der Waals surface area contributed by atoms with Crippen LogP contribution in [0.5, 0.6) is 5.75 Å². The van der Waals surface area contributed by atoms with E-state index in [2.05, 4.69) is 18.1 Å². The van der Waals surface area contributed by atoms with Crippen LogP contribution in [-0.2, 0) is 16.3 Å². The lowest BCUT2D eigenvalue weighted by Crippen LogP contribution is -2.45. The van der Waals surface area contributed by atoms with Crippen molar-refractivity contribution < 1.29 is 13.2 Å². The van der Waals surface area contributed by atoms with Gasteiger partial charge < -0.3 is 9.64 Å². The summed E-state index contributed by atoms with van der Waals surface area (Å²) in [6.07, 6.45) is 7.92. The molecular weight excluding hydrogens is 374 g/mol. The van der Waals surface area contributed by atoms with Gasteiger partial charge in [0, 0.05) is 42.8 Å². The highest BCUT2D eigenvalue weighted by molar-refractivity contribution is 7.90. The topological polar surface area (TPSA) is 83.3 Å². The van der Waals surface area contributed by atoms with E-state index in [1.807, 2.05) is 11.0 Å². The van der Waals surface area contributed by atoms with Crippen LogP contribution in [0.3, 0.4) is 0 Å². The van der Waals surface area contributed by atoms with Crippen LogP contribution >= 0.6 is 0 Å². The SMILES string of the molecule is CC1(C2CCN(C#N)CC2)Cc2cc(-c3ccc(S(C)(=O)=O)cc3)ncc2O1. The van der Waals surface area contributed by atoms with Crippen LogP contribution in [-0.4, -0.2) is 43.2 Å². The number of aromatic nitrogens is 1. The second-order valence-corrected chi connectivity index (χ2v) is 9.94. The van der Waals surface area contributed by atoms with Crippen LogP contribution in [0.1, 0.15) is 25.3 Å². The van der Waals surface area contributed by atoms with E-state index in [0.717, 1.165) is 54.9 Å². The monoisotopic (exact) mass is 397 g/mol. The first-order valence-corrected chi connectivity index (χ1v) is 11.3. The van der Waals surface area contributed by atoms with E-state index in [1.165, 1.54) is 6.26 Å². The summed E-state index contributed by atoms with van der Waals surface area (Å²) in [7, 11) is -3.21. The first kappa shape index (κ1) is 18.8. The lowest BCUT2D eigenvalue weighted by atomic mass is 9.79. The van der Waals surface area contributed by atoms with Gasteiger partial charge in [-0.15, -0.1) is 0 Å². The predicted molar refractivity (Wildman–Crippen MR) is 105 cm³/mol. The lowest BCUT2D eigenvalue weighted by molar-refractivity contribution is 0.0194. The largest absolute Gasteiger partial charge is 0.485 e.